The summed E-state index contributed by atoms with van der Waals surface area (Å²) in [6.07, 6.45) is 5.68. The van der Waals surface area contributed by atoms with Crippen LogP contribution in [0.5, 0.6) is 0 Å². The van der Waals surface area contributed by atoms with E-state index in [1.807, 2.05) is 0 Å². The second-order valence-electron chi connectivity index (χ2n) is 4.21. The summed E-state index contributed by atoms with van der Waals surface area (Å²) >= 11 is 0. The van der Waals surface area contributed by atoms with Gasteiger partial charge in [-0.15, -0.1) is 0 Å². The van der Waals surface area contributed by atoms with E-state index in [2.05, 4.69) is 10.1 Å². The molecule has 1 aromatic carbocycles. The van der Waals surface area contributed by atoms with Crippen molar-refractivity contribution in [1.82, 2.24) is 14.8 Å². The third-order valence-electron chi connectivity index (χ3n) is 2.91. The molecule has 0 aliphatic heterocycles. The molecule has 0 amide bonds. The maximum atomic E-state index is 13.0. The van der Waals surface area contributed by atoms with Gasteiger partial charge in [0.2, 0.25) is 0 Å². The fraction of sp³-hybridized carbons (Fsp3) is 0. The molecule has 0 aliphatic rings. The monoisotopic (exact) mass is 267 g/mol. The van der Waals surface area contributed by atoms with Crippen molar-refractivity contribution >= 4 is 6.29 Å². The van der Waals surface area contributed by atoms with Crippen molar-refractivity contribution in [2.24, 2.45) is 0 Å². The normalized spacial score (nSPS) is 10.4. The molecule has 0 N–H and O–H groups in total. The van der Waals surface area contributed by atoms with E-state index in [1.54, 1.807) is 47.5 Å². The Morgan fingerprint density at radius 2 is 1.75 bits per heavy atom. The van der Waals surface area contributed by atoms with Gasteiger partial charge in [-0.2, -0.15) is 5.10 Å². The molecular formula is C15H10FN3O. The highest BCUT2D eigenvalue weighted by atomic mass is 19.1. The summed E-state index contributed by atoms with van der Waals surface area (Å²) in [4.78, 5) is 15.1. The third-order valence-corrected chi connectivity index (χ3v) is 2.91. The molecule has 0 bridgehead atoms. The molecule has 98 valence electrons. The molecule has 2 aromatic heterocycles. The van der Waals surface area contributed by atoms with Crippen LogP contribution in [0.4, 0.5) is 4.39 Å². The fourth-order valence-corrected chi connectivity index (χ4v) is 1.93. The van der Waals surface area contributed by atoms with Crippen LogP contribution in [0.2, 0.25) is 0 Å². The zero-order valence-electron chi connectivity index (χ0n) is 10.4. The summed E-state index contributed by atoms with van der Waals surface area (Å²) in [5, 5.41) is 4.39. The van der Waals surface area contributed by atoms with Crippen molar-refractivity contribution in [3.05, 3.63) is 66.4 Å². The first-order valence-corrected chi connectivity index (χ1v) is 5.99. The lowest BCUT2D eigenvalue weighted by atomic mass is 10.1. The molecule has 20 heavy (non-hydrogen) atoms. The highest BCUT2D eigenvalue weighted by Gasteiger charge is 2.11. The topological polar surface area (TPSA) is 47.8 Å². The van der Waals surface area contributed by atoms with Gasteiger partial charge in [-0.1, -0.05) is 0 Å². The van der Waals surface area contributed by atoms with Crippen LogP contribution < -0.4 is 0 Å². The first kappa shape index (κ1) is 12.2. The summed E-state index contributed by atoms with van der Waals surface area (Å²) in [6.45, 7) is 0. The highest BCUT2D eigenvalue weighted by Crippen LogP contribution is 2.22. The van der Waals surface area contributed by atoms with Gasteiger partial charge in [-0.05, 0) is 36.4 Å². The van der Waals surface area contributed by atoms with E-state index in [-0.39, 0.29) is 5.82 Å². The molecule has 0 spiro atoms. The van der Waals surface area contributed by atoms with E-state index < -0.39 is 0 Å². The van der Waals surface area contributed by atoms with E-state index in [1.165, 1.54) is 12.1 Å². The van der Waals surface area contributed by atoms with Crippen molar-refractivity contribution in [3.63, 3.8) is 0 Å². The minimum absolute atomic E-state index is 0.324. The summed E-state index contributed by atoms with van der Waals surface area (Å²) in [6, 6.07) is 9.46. The number of rotatable bonds is 3. The molecule has 2 heterocycles. The third kappa shape index (κ3) is 2.21. The second kappa shape index (κ2) is 5.05. The number of nitrogens with zero attached hydrogens (tertiary/aromatic N) is 3. The van der Waals surface area contributed by atoms with Crippen LogP contribution in [0.15, 0.2) is 55.0 Å². The minimum atomic E-state index is -0.324. The van der Waals surface area contributed by atoms with Gasteiger partial charge in [0.25, 0.3) is 0 Å². The fourth-order valence-electron chi connectivity index (χ4n) is 1.93. The molecule has 0 fully saturated rings. The standard InChI is InChI=1S/C15H10FN3O/c16-13-3-1-11(2-4-13)15-12(10-20)9-19(18-15)14-5-7-17-8-6-14/h1-10H. The van der Waals surface area contributed by atoms with E-state index in [9.17, 15) is 9.18 Å². The quantitative estimate of drug-likeness (QED) is 0.685. The van der Waals surface area contributed by atoms with Crippen LogP contribution >= 0.6 is 0 Å². The van der Waals surface area contributed by atoms with Crippen LogP contribution in [0.3, 0.4) is 0 Å². The van der Waals surface area contributed by atoms with E-state index in [0.717, 1.165) is 12.0 Å². The molecule has 0 saturated carbocycles. The van der Waals surface area contributed by atoms with Gasteiger partial charge in [-0.3, -0.25) is 9.78 Å². The Balaban J connectivity index is 2.10. The zero-order valence-corrected chi connectivity index (χ0v) is 10.4. The zero-order chi connectivity index (χ0) is 13.9. The predicted octanol–water partition coefficient (Wildman–Crippen LogP) is 2.89. The van der Waals surface area contributed by atoms with Crippen LogP contribution in [0, 0.1) is 5.82 Å². The van der Waals surface area contributed by atoms with Crippen molar-refractivity contribution in [2.45, 2.75) is 0 Å². The average molecular weight is 267 g/mol. The Labute approximate surface area is 114 Å². The van der Waals surface area contributed by atoms with Gasteiger partial charge in [0.1, 0.15) is 11.5 Å². The van der Waals surface area contributed by atoms with Gasteiger partial charge >= 0.3 is 0 Å². The maximum Gasteiger partial charge on any atom is 0.153 e. The molecule has 0 aliphatic carbocycles. The minimum Gasteiger partial charge on any atom is -0.298 e. The Bertz CT molecular complexity index is 736. The Morgan fingerprint density at radius 1 is 1.05 bits per heavy atom. The van der Waals surface area contributed by atoms with E-state index >= 15 is 0 Å². The van der Waals surface area contributed by atoms with Crippen molar-refractivity contribution in [2.75, 3.05) is 0 Å². The molecule has 0 unspecified atom stereocenters. The van der Waals surface area contributed by atoms with Gasteiger partial charge in [-0.25, -0.2) is 9.07 Å². The predicted molar refractivity (Wildman–Crippen MR) is 72.1 cm³/mol. The number of carbonyl (C=O) groups excluding carboxylic acids is 1. The summed E-state index contributed by atoms with van der Waals surface area (Å²) in [7, 11) is 0. The summed E-state index contributed by atoms with van der Waals surface area (Å²) in [5.41, 5.74) is 2.48. The maximum absolute atomic E-state index is 13.0. The Kier molecular flexibility index (Phi) is 3.09. The molecule has 4 nitrogen and oxygen atoms in total. The molecule has 3 aromatic rings. The highest BCUT2D eigenvalue weighted by molar-refractivity contribution is 5.85. The lowest BCUT2D eigenvalue weighted by molar-refractivity contribution is 0.112. The lowest BCUT2D eigenvalue weighted by Crippen LogP contribution is -1.94. The number of pyridine rings is 1. The Morgan fingerprint density at radius 3 is 2.40 bits per heavy atom. The van der Waals surface area contributed by atoms with E-state index in [4.69, 9.17) is 0 Å². The number of halogens is 1. The SMILES string of the molecule is O=Cc1cn(-c2ccncc2)nc1-c1ccc(F)cc1. The van der Waals surface area contributed by atoms with Crippen molar-refractivity contribution in [3.8, 4) is 16.9 Å². The van der Waals surface area contributed by atoms with Gasteiger partial charge in [0, 0.05) is 24.2 Å². The first-order chi connectivity index (χ1) is 9.78. The second-order valence-corrected chi connectivity index (χ2v) is 4.21. The van der Waals surface area contributed by atoms with Crippen LogP contribution in [-0.4, -0.2) is 21.1 Å². The van der Waals surface area contributed by atoms with Gasteiger partial charge < -0.3 is 0 Å². The molecule has 0 radical (unpaired) electrons. The summed E-state index contributed by atoms with van der Waals surface area (Å²) in [5.74, 6) is -0.324. The van der Waals surface area contributed by atoms with Gasteiger partial charge in [0.15, 0.2) is 6.29 Å². The molecular weight excluding hydrogens is 257 g/mol. The van der Waals surface area contributed by atoms with Crippen LogP contribution in [-0.2, 0) is 0 Å². The number of benzene rings is 1. The van der Waals surface area contributed by atoms with E-state index in [0.29, 0.717) is 16.8 Å². The van der Waals surface area contributed by atoms with Crippen LogP contribution in [0.25, 0.3) is 16.9 Å². The first-order valence-electron chi connectivity index (χ1n) is 5.99. The van der Waals surface area contributed by atoms with Crippen molar-refractivity contribution in [1.29, 1.82) is 0 Å². The molecule has 5 heteroatoms. The number of hydrogen-bond acceptors (Lipinski definition) is 3. The average Bonchev–Trinajstić information content (AvgIpc) is 2.93. The molecule has 0 saturated heterocycles. The largest absolute Gasteiger partial charge is 0.298 e. The summed E-state index contributed by atoms with van der Waals surface area (Å²) < 4.78 is 14.6. The number of carbonyl (C=O) groups is 1. The number of hydrogen-bond donors (Lipinski definition) is 0. The Hall–Kier alpha value is -2.82. The number of aldehydes is 1. The van der Waals surface area contributed by atoms with Crippen LogP contribution in [0.1, 0.15) is 10.4 Å². The molecule has 3 rings (SSSR count). The number of aromatic nitrogens is 3. The van der Waals surface area contributed by atoms with Crippen molar-refractivity contribution < 1.29 is 9.18 Å². The lowest BCUT2D eigenvalue weighted by Gasteiger charge is -2.00. The molecule has 0 atom stereocenters. The van der Waals surface area contributed by atoms with Gasteiger partial charge in [0.05, 0.1) is 11.3 Å². The smallest absolute Gasteiger partial charge is 0.153 e.